The summed E-state index contributed by atoms with van der Waals surface area (Å²) in [5, 5.41) is 0. The smallest absolute Gasteiger partial charge is 0 e. The van der Waals surface area contributed by atoms with E-state index in [2.05, 4.69) is 68.2 Å². The van der Waals surface area contributed by atoms with Crippen LogP contribution in [0.5, 0.6) is 0 Å². The van der Waals surface area contributed by atoms with Crippen molar-refractivity contribution in [1.82, 2.24) is 0 Å². The van der Waals surface area contributed by atoms with Gasteiger partial charge in [-0.05, 0) is 72.0 Å². The first-order valence-corrected chi connectivity index (χ1v) is 13.7. The fraction of sp³-hybridized carbons (Fsp3) is 0.933. The molecular weight excluding hydrogens is 633 g/mol. The molecule has 4 fully saturated rings. The molecule has 0 saturated heterocycles. The van der Waals surface area contributed by atoms with Crippen LogP contribution in [0.25, 0.3) is 0 Å². The molecule has 0 aromatic heterocycles. The summed E-state index contributed by atoms with van der Waals surface area (Å²) in [6, 6.07) is 0. The SMILES string of the molecule is CC(C)[CH-]CC[CH-]C1CCC2C3C(C)C[C@@]4(C)C[C@@H](C)CC[C@]4(C)C3C[C@@H](C)[C@]12C.[W].[Y]. The van der Waals surface area contributed by atoms with Gasteiger partial charge in [0.2, 0.25) is 0 Å². The fourth-order valence-corrected chi connectivity index (χ4v) is 9.99. The van der Waals surface area contributed by atoms with E-state index < -0.39 is 0 Å². The molecule has 2 heteroatoms. The summed E-state index contributed by atoms with van der Waals surface area (Å²) in [7, 11) is 0. The molecule has 0 aromatic rings. The molecule has 5 unspecified atom stereocenters. The Balaban J connectivity index is 0.00000181. The summed E-state index contributed by atoms with van der Waals surface area (Å²) in [5.41, 5.74) is 1.72. The number of unbranched alkanes of at least 4 members (excludes halogenated alkanes) is 1. The van der Waals surface area contributed by atoms with Crippen LogP contribution >= 0.6 is 0 Å². The van der Waals surface area contributed by atoms with Crippen molar-refractivity contribution in [2.24, 2.45) is 63.6 Å². The van der Waals surface area contributed by atoms with Gasteiger partial charge in [0.25, 0.3) is 0 Å². The quantitative estimate of drug-likeness (QED) is 0.200. The zero-order valence-electron chi connectivity index (χ0n) is 22.6. The largest absolute Gasteiger partial charge is 0.328 e. The van der Waals surface area contributed by atoms with Gasteiger partial charge in [0.15, 0.2) is 0 Å². The summed E-state index contributed by atoms with van der Waals surface area (Å²) in [6.45, 7) is 20.7. The van der Waals surface area contributed by atoms with Crippen molar-refractivity contribution >= 4 is 0 Å². The Morgan fingerprint density at radius 2 is 1.59 bits per heavy atom. The third kappa shape index (κ3) is 4.86. The third-order valence-electron chi connectivity index (χ3n) is 11.8. The van der Waals surface area contributed by atoms with Crippen LogP contribution < -0.4 is 0 Å². The van der Waals surface area contributed by atoms with Crippen molar-refractivity contribution in [3.8, 4) is 0 Å². The molecule has 183 valence electrons. The van der Waals surface area contributed by atoms with Gasteiger partial charge >= 0.3 is 0 Å². The molecule has 0 N–H and O–H groups in total. The average molecular weight is 685 g/mol. The van der Waals surface area contributed by atoms with E-state index in [9.17, 15) is 0 Å². The second kappa shape index (κ2) is 11.0. The van der Waals surface area contributed by atoms with E-state index in [1.54, 1.807) is 0 Å². The summed E-state index contributed by atoms with van der Waals surface area (Å²) in [4.78, 5) is 0. The Bertz CT molecular complexity index is 618. The van der Waals surface area contributed by atoms with Gasteiger partial charge < -0.3 is 12.8 Å². The summed E-state index contributed by atoms with van der Waals surface area (Å²) in [5.74, 6) is 7.26. The molecule has 4 saturated carbocycles. The van der Waals surface area contributed by atoms with E-state index in [0.717, 1.165) is 47.3 Å². The van der Waals surface area contributed by atoms with E-state index in [1.165, 1.54) is 57.8 Å². The number of rotatable bonds is 5. The van der Waals surface area contributed by atoms with Gasteiger partial charge in [-0.2, -0.15) is 11.8 Å². The minimum absolute atomic E-state index is 0. The topological polar surface area (TPSA) is 0 Å². The molecule has 0 aliphatic heterocycles. The predicted octanol–water partition coefficient (Wildman–Crippen LogP) is 9.00. The average Bonchev–Trinajstić information content (AvgIpc) is 2.99. The van der Waals surface area contributed by atoms with Gasteiger partial charge in [-0.3, -0.25) is 0 Å². The van der Waals surface area contributed by atoms with Crippen LogP contribution in [-0.4, -0.2) is 0 Å². The van der Waals surface area contributed by atoms with Crippen LogP contribution in [0.3, 0.4) is 0 Å². The van der Waals surface area contributed by atoms with Crippen molar-refractivity contribution in [3.63, 3.8) is 0 Å². The zero-order chi connectivity index (χ0) is 21.9. The Hall–Kier alpha value is 1.79. The standard InChI is InChI=1S/C30H52.W.Y/c1-20(2)11-9-10-12-24-13-14-25-27-22(4)19-28(6)18-21(3)15-16-29(28,7)26(27)17-23(5)30(24,25)8;;/h11-12,20-27H,9-10,13-19H2,1-8H3;;/q-2;;/t21-,22?,23+,24?,25?,26?,27?,28+,29+,30+;;/m0../s1. The van der Waals surface area contributed by atoms with Crippen LogP contribution in [0.15, 0.2) is 0 Å². The van der Waals surface area contributed by atoms with Crippen LogP contribution in [0, 0.1) is 76.4 Å². The predicted molar refractivity (Wildman–Crippen MR) is 131 cm³/mol. The van der Waals surface area contributed by atoms with E-state index in [0.29, 0.717) is 16.2 Å². The van der Waals surface area contributed by atoms with Gasteiger partial charge in [-0.25, -0.2) is 12.8 Å². The van der Waals surface area contributed by atoms with Gasteiger partial charge in [-0.1, -0.05) is 80.1 Å². The second-order valence-electron chi connectivity index (χ2n) is 13.8. The third-order valence-corrected chi connectivity index (χ3v) is 11.8. The zero-order valence-corrected chi connectivity index (χ0v) is 28.4. The van der Waals surface area contributed by atoms with Crippen molar-refractivity contribution in [2.75, 3.05) is 0 Å². The van der Waals surface area contributed by atoms with Gasteiger partial charge in [0, 0.05) is 53.8 Å². The minimum atomic E-state index is 0. The molecule has 4 aliphatic carbocycles. The summed E-state index contributed by atoms with van der Waals surface area (Å²) < 4.78 is 0. The molecule has 10 atom stereocenters. The molecule has 4 rings (SSSR count). The molecule has 0 nitrogen and oxygen atoms in total. The molecule has 4 aliphatic rings. The second-order valence-corrected chi connectivity index (χ2v) is 13.8. The maximum Gasteiger partial charge on any atom is 0 e. The van der Waals surface area contributed by atoms with E-state index in [1.807, 2.05) is 0 Å². The van der Waals surface area contributed by atoms with Crippen LogP contribution in [-0.2, 0) is 53.8 Å². The fourth-order valence-electron chi connectivity index (χ4n) is 9.99. The molecular formula is C30H52WY-2. The number of fused-ring (bicyclic) bond motifs is 5. The van der Waals surface area contributed by atoms with Crippen LogP contribution in [0.2, 0.25) is 0 Å². The number of hydrogen-bond acceptors (Lipinski definition) is 0. The maximum atomic E-state index is 2.78. The van der Waals surface area contributed by atoms with E-state index in [-0.39, 0.29) is 53.8 Å². The molecule has 0 spiro atoms. The van der Waals surface area contributed by atoms with E-state index >= 15 is 0 Å². The Morgan fingerprint density at radius 1 is 0.906 bits per heavy atom. The van der Waals surface area contributed by atoms with Crippen LogP contribution in [0.1, 0.15) is 113 Å². The first-order valence-electron chi connectivity index (χ1n) is 13.7. The Kier molecular flexibility index (Phi) is 10.4. The van der Waals surface area contributed by atoms with Crippen LogP contribution in [0.4, 0.5) is 0 Å². The molecule has 0 bridgehead atoms. The monoisotopic (exact) mass is 685 g/mol. The first-order chi connectivity index (χ1) is 14.0. The Morgan fingerprint density at radius 3 is 2.25 bits per heavy atom. The molecule has 32 heavy (non-hydrogen) atoms. The minimum Gasteiger partial charge on any atom is -0.328 e. The Labute approximate surface area is 241 Å². The van der Waals surface area contributed by atoms with Gasteiger partial charge in [0.1, 0.15) is 0 Å². The normalized spacial score (nSPS) is 50.0. The van der Waals surface area contributed by atoms with Crippen molar-refractivity contribution < 1.29 is 53.8 Å². The van der Waals surface area contributed by atoms with E-state index in [4.69, 9.17) is 0 Å². The molecule has 1 radical (unpaired) electrons. The maximum absolute atomic E-state index is 2.78. The number of hydrogen-bond donors (Lipinski definition) is 0. The van der Waals surface area contributed by atoms with Crippen molar-refractivity contribution in [2.45, 2.75) is 113 Å². The van der Waals surface area contributed by atoms with Gasteiger partial charge in [0.05, 0.1) is 0 Å². The van der Waals surface area contributed by atoms with Crippen molar-refractivity contribution in [1.29, 1.82) is 0 Å². The summed E-state index contributed by atoms with van der Waals surface area (Å²) in [6.07, 6.45) is 18.3. The molecule has 0 heterocycles. The first kappa shape index (κ1) is 30.0. The van der Waals surface area contributed by atoms with Gasteiger partial charge in [-0.15, -0.1) is 0 Å². The molecule has 0 aromatic carbocycles. The molecule has 0 amide bonds. The van der Waals surface area contributed by atoms with Crippen molar-refractivity contribution in [3.05, 3.63) is 12.8 Å². The summed E-state index contributed by atoms with van der Waals surface area (Å²) >= 11 is 0.